The highest BCUT2D eigenvalue weighted by molar-refractivity contribution is 9.10. The zero-order valence-electron chi connectivity index (χ0n) is 10.5. The van der Waals surface area contributed by atoms with E-state index in [1.54, 1.807) is 18.3 Å². The first kappa shape index (κ1) is 13.5. The molecule has 1 aliphatic rings. The number of aromatic nitrogens is 1. The molecular weight excluding hydrogens is 294 g/mol. The molecule has 18 heavy (non-hydrogen) atoms. The van der Waals surface area contributed by atoms with Crippen molar-refractivity contribution in [3.05, 3.63) is 28.5 Å². The molecule has 2 rings (SSSR count). The molecular formula is C13H18BrN3O. The van der Waals surface area contributed by atoms with E-state index in [9.17, 15) is 4.79 Å². The second kappa shape index (κ2) is 6.29. The zero-order chi connectivity index (χ0) is 13.0. The van der Waals surface area contributed by atoms with Crippen LogP contribution in [0.3, 0.4) is 0 Å². The van der Waals surface area contributed by atoms with Gasteiger partial charge in [0.15, 0.2) is 0 Å². The molecule has 0 atom stereocenters. The highest BCUT2D eigenvalue weighted by Crippen LogP contribution is 2.14. The van der Waals surface area contributed by atoms with E-state index < -0.39 is 0 Å². The van der Waals surface area contributed by atoms with Crippen LogP contribution in [0.25, 0.3) is 0 Å². The topological polar surface area (TPSA) is 45.2 Å². The van der Waals surface area contributed by atoms with E-state index in [2.05, 4.69) is 38.1 Å². The predicted molar refractivity (Wildman–Crippen MR) is 74.5 cm³/mol. The monoisotopic (exact) mass is 311 g/mol. The van der Waals surface area contributed by atoms with Crippen LogP contribution in [0.4, 0.5) is 0 Å². The Hall–Kier alpha value is -0.940. The first-order chi connectivity index (χ1) is 8.70. The van der Waals surface area contributed by atoms with Gasteiger partial charge < -0.3 is 10.2 Å². The van der Waals surface area contributed by atoms with Crippen molar-refractivity contribution in [1.29, 1.82) is 0 Å². The molecule has 0 spiro atoms. The van der Waals surface area contributed by atoms with Gasteiger partial charge in [-0.15, -0.1) is 0 Å². The van der Waals surface area contributed by atoms with Gasteiger partial charge in [-0.3, -0.25) is 4.79 Å². The van der Waals surface area contributed by atoms with Crippen molar-refractivity contribution in [2.75, 3.05) is 19.6 Å². The third-order valence-corrected chi connectivity index (χ3v) is 4.01. The third kappa shape index (κ3) is 3.29. The average molecular weight is 312 g/mol. The summed E-state index contributed by atoms with van der Waals surface area (Å²) in [5.74, 6) is -0.0371. The molecule has 1 aliphatic heterocycles. The van der Waals surface area contributed by atoms with Gasteiger partial charge in [0.05, 0.1) is 5.56 Å². The van der Waals surface area contributed by atoms with Gasteiger partial charge in [0, 0.05) is 25.3 Å². The summed E-state index contributed by atoms with van der Waals surface area (Å²) in [6, 6.07) is 3.85. The van der Waals surface area contributed by atoms with E-state index >= 15 is 0 Å². The fraction of sp³-hybridized carbons (Fsp3) is 0.538. The number of nitrogens with one attached hydrogen (secondary N) is 1. The molecule has 98 valence electrons. The highest BCUT2D eigenvalue weighted by atomic mass is 79.9. The first-order valence-corrected chi connectivity index (χ1v) is 7.13. The summed E-state index contributed by atoms with van der Waals surface area (Å²) >= 11 is 3.30. The van der Waals surface area contributed by atoms with Gasteiger partial charge in [-0.05, 0) is 47.4 Å². The van der Waals surface area contributed by atoms with Crippen LogP contribution >= 0.6 is 15.9 Å². The van der Waals surface area contributed by atoms with Gasteiger partial charge in [-0.1, -0.05) is 6.92 Å². The molecule has 0 unspecified atom stereocenters. The van der Waals surface area contributed by atoms with E-state index in [1.165, 1.54) is 0 Å². The van der Waals surface area contributed by atoms with Crippen molar-refractivity contribution in [1.82, 2.24) is 15.2 Å². The Bertz CT molecular complexity index is 416. The summed E-state index contributed by atoms with van der Waals surface area (Å²) in [5.41, 5.74) is 0.607. The van der Waals surface area contributed by atoms with Crippen molar-refractivity contribution in [2.24, 2.45) is 0 Å². The molecule has 0 saturated carbocycles. The van der Waals surface area contributed by atoms with Crippen LogP contribution < -0.4 is 5.32 Å². The minimum Gasteiger partial charge on any atom is -0.349 e. The summed E-state index contributed by atoms with van der Waals surface area (Å²) in [5, 5.41) is 3.09. The lowest BCUT2D eigenvalue weighted by Gasteiger charge is -2.31. The minimum atomic E-state index is -0.0371. The fourth-order valence-corrected chi connectivity index (χ4v) is 2.64. The van der Waals surface area contributed by atoms with Crippen molar-refractivity contribution < 1.29 is 4.79 Å². The van der Waals surface area contributed by atoms with Crippen molar-refractivity contribution in [3.8, 4) is 0 Å². The van der Waals surface area contributed by atoms with Gasteiger partial charge >= 0.3 is 0 Å². The number of hydrogen-bond donors (Lipinski definition) is 1. The molecule has 1 amide bonds. The molecule has 0 aromatic carbocycles. The van der Waals surface area contributed by atoms with Crippen LogP contribution in [0.2, 0.25) is 0 Å². The highest BCUT2D eigenvalue weighted by Gasteiger charge is 2.21. The Morgan fingerprint density at radius 3 is 2.89 bits per heavy atom. The SMILES string of the molecule is CCN1CCC(NC(=O)c2cccnc2Br)CC1. The van der Waals surface area contributed by atoms with Crippen LogP contribution in [0.15, 0.2) is 22.9 Å². The van der Waals surface area contributed by atoms with Crippen LogP contribution in [-0.4, -0.2) is 41.5 Å². The quantitative estimate of drug-likeness (QED) is 0.869. The molecule has 5 heteroatoms. The van der Waals surface area contributed by atoms with Gasteiger partial charge in [0.25, 0.3) is 5.91 Å². The third-order valence-electron chi connectivity index (χ3n) is 3.37. The average Bonchev–Trinajstić information content (AvgIpc) is 2.40. The maximum absolute atomic E-state index is 12.1. The minimum absolute atomic E-state index is 0.0371. The summed E-state index contributed by atoms with van der Waals surface area (Å²) in [6.45, 7) is 5.39. The molecule has 0 aliphatic carbocycles. The van der Waals surface area contributed by atoms with Crippen molar-refractivity contribution in [3.63, 3.8) is 0 Å². The normalized spacial score (nSPS) is 17.7. The molecule has 1 aromatic rings. The number of piperidine rings is 1. The second-order valence-corrected chi connectivity index (χ2v) is 5.27. The molecule has 1 N–H and O–H groups in total. The lowest BCUT2D eigenvalue weighted by molar-refractivity contribution is 0.0911. The number of amides is 1. The first-order valence-electron chi connectivity index (χ1n) is 6.34. The van der Waals surface area contributed by atoms with E-state index in [1.807, 2.05) is 0 Å². The smallest absolute Gasteiger partial charge is 0.254 e. The lowest BCUT2D eigenvalue weighted by atomic mass is 10.0. The molecule has 0 radical (unpaired) electrons. The van der Waals surface area contributed by atoms with Crippen molar-refractivity contribution >= 4 is 21.8 Å². The number of halogens is 1. The van der Waals surface area contributed by atoms with Gasteiger partial charge in [-0.2, -0.15) is 0 Å². The van der Waals surface area contributed by atoms with Crippen LogP contribution in [0, 0.1) is 0 Å². The van der Waals surface area contributed by atoms with Gasteiger partial charge in [0.1, 0.15) is 4.60 Å². The number of carbonyl (C=O) groups excluding carboxylic acids is 1. The van der Waals surface area contributed by atoms with E-state index in [0.29, 0.717) is 10.2 Å². The fourth-order valence-electron chi connectivity index (χ4n) is 2.21. The van der Waals surface area contributed by atoms with Crippen molar-refractivity contribution in [2.45, 2.75) is 25.8 Å². The molecule has 1 aromatic heterocycles. The second-order valence-electron chi connectivity index (χ2n) is 4.52. The van der Waals surface area contributed by atoms with E-state index in [4.69, 9.17) is 0 Å². The Balaban J connectivity index is 1.91. The van der Waals surface area contributed by atoms with E-state index in [0.717, 1.165) is 32.5 Å². The zero-order valence-corrected chi connectivity index (χ0v) is 12.1. The maximum atomic E-state index is 12.1. The number of nitrogens with zero attached hydrogens (tertiary/aromatic N) is 2. The number of carbonyl (C=O) groups is 1. The number of pyridine rings is 1. The van der Waals surface area contributed by atoms with Crippen LogP contribution in [0.5, 0.6) is 0 Å². The van der Waals surface area contributed by atoms with Crippen LogP contribution in [0.1, 0.15) is 30.1 Å². The Morgan fingerprint density at radius 1 is 1.56 bits per heavy atom. The molecule has 4 nitrogen and oxygen atoms in total. The largest absolute Gasteiger partial charge is 0.349 e. The summed E-state index contributed by atoms with van der Waals surface area (Å²) < 4.78 is 0.605. The van der Waals surface area contributed by atoms with Crippen LogP contribution in [-0.2, 0) is 0 Å². The molecule has 1 fully saturated rings. The molecule has 1 saturated heterocycles. The van der Waals surface area contributed by atoms with Gasteiger partial charge in [0.2, 0.25) is 0 Å². The number of rotatable bonds is 3. The maximum Gasteiger partial charge on any atom is 0.254 e. The summed E-state index contributed by atoms with van der Waals surface area (Å²) in [4.78, 5) is 18.6. The predicted octanol–water partition coefficient (Wildman–Crippen LogP) is 2.06. The molecule has 2 heterocycles. The summed E-state index contributed by atoms with van der Waals surface area (Å²) in [7, 11) is 0. The number of likely N-dealkylation sites (tertiary alicyclic amines) is 1. The lowest BCUT2D eigenvalue weighted by Crippen LogP contribution is -2.44. The Labute approximate surface area is 116 Å². The summed E-state index contributed by atoms with van der Waals surface area (Å²) in [6.07, 6.45) is 3.72. The number of hydrogen-bond acceptors (Lipinski definition) is 3. The Kier molecular flexibility index (Phi) is 4.72. The van der Waals surface area contributed by atoms with Gasteiger partial charge in [-0.25, -0.2) is 4.98 Å². The standard InChI is InChI=1S/C13H18BrN3O/c1-2-17-8-5-10(6-9-17)16-13(18)11-4-3-7-15-12(11)14/h3-4,7,10H,2,5-6,8-9H2,1H3,(H,16,18). The Morgan fingerprint density at radius 2 is 2.28 bits per heavy atom. The van der Waals surface area contributed by atoms with E-state index in [-0.39, 0.29) is 11.9 Å². The molecule has 0 bridgehead atoms.